The second-order valence-corrected chi connectivity index (χ2v) is 5.71. The molecule has 106 valence electrons. The van der Waals surface area contributed by atoms with Gasteiger partial charge in [0.05, 0.1) is 12.1 Å². The summed E-state index contributed by atoms with van der Waals surface area (Å²) in [5.74, 6) is -0.382. The molecule has 6 heteroatoms. The summed E-state index contributed by atoms with van der Waals surface area (Å²) >= 11 is 5.91. The van der Waals surface area contributed by atoms with E-state index in [1.165, 1.54) is 0 Å². The molecule has 2 saturated heterocycles. The summed E-state index contributed by atoms with van der Waals surface area (Å²) in [6.45, 7) is 0.777. The van der Waals surface area contributed by atoms with Crippen LogP contribution in [0.5, 0.6) is 0 Å². The average molecular weight is 294 g/mol. The highest BCUT2D eigenvalue weighted by Gasteiger charge is 2.46. The van der Waals surface area contributed by atoms with Crippen LogP contribution in [0.4, 0.5) is 4.79 Å². The third-order valence-electron chi connectivity index (χ3n) is 4.15. The smallest absolute Gasteiger partial charge is 0.311 e. The topological polar surface area (TPSA) is 61.4 Å². The molecule has 0 aliphatic carbocycles. The Hall–Kier alpha value is -1.59. The molecule has 3 rings (SSSR count). The standard InChI is InChI=1S/C14H16ClN3O2/c1-18-12-11(13(19)17-14(18)20)10(6-7-16-12)8-2-4-9(15)5-3-8/h2-5,10-12,16H,6-7H2,1H3,(H,17,19,20). The van der Waals surface area contributed by atoms with Crippen LogP contribution in [0.15, 0.2) is 24.3 Å². The molecule has 0 spiro atoms. The number of amides is 3. The van der Waals surface area contributed by atoms with E-state index in [1.54, 1.807) is 11.9 Å². The summed E-state index contributed by atoms with van der Waals surface area (Å²) in [5.41, 5.74) is 1.09. The molecule has 20 heavy (non-hydrogen) atoms. The maximum atomic E-state index is 12.2. The van der Waals surface area contributed by atoms with Crippen molar-refractivity contribution in [1.29, 1.82) is 0 Å². The molecule has 2 fully saturated rings. The Kier molecular flexibility index (Phi) is 3.40. The summed E-state index contributed by atoms with van der Waals surface area (Å²) in [5, 5.41) is 6.36. The lowest BCUT2D eigenvalue weighted by atomic mass is 9.77. The monoisotopic (exact) mass is 293 g/mol. The SMILES string of the molecule is CN1C(=O)NC(=O)C2C(c3ccc(Cl)cc3)CCNC21. The van der Waals surface area contributed by atoms with Gasteiger partial charge in [0.15, 0.2) is 0 Å². The molecule has 2 aliphatic rings. The molecule has 3 amide bonds. The molecule has 1 aromatic rings. The molecular weight excluding hydrogens is 278 g/mol. The van der Waals surface area contributed by atoms with Crippen LogP contribution in [0.1, 0.15) is 17.9 Å². The first-order chi connectivity index (χ1) is 9.58. The van der Waals surface area contributed by atoms with Gasteiger partial charge in [-0.15, -0.1) is 0 Å². The summed E-state index contributed by atoms with van der Waals surface area (Å²) in [4.78, 5) is 25.5. The highest BCUT2D eigenvalue weighted by Crippen LogP contribution is 2.36. The van der Waals surface area contributed by atoms with Crippen LogP contribution in [0.3, 0.4) is 0 Å². The van der Waals surface area contributed by atoms with E-state index < -0.39 is 0 Å². The van der Waals surface area contributed by atoms with Crippen molar-refractivity contribution < 1.29 is 9.59 Å². The van der Waals surface area contributed by atoms with Crippen molar-refractivity contribution in [2.24, 2.45) is 5.92 Å². The predicted octanol–water partition coefficient (Wildman–Crippen LogP) is 1.54. The average Bonchev–Trinajstić information content (AvgIpc) is 2.45. The third-order valence-corrected chi connectivity index (χ3v) is 4.40. The van der Waals surface area contributed by atoms with Gasteiger partial charge in [0.2, 0.25) is 5.91 Å². The minimum Gasteiger partial charge on any atom is -0.311 e. The van der Waals surface area contributed by atoms with Crippen LogP contribution in [0.2, 0.25) is 5.02 Å². The van der Waals surface area contributed by atoms with E-state index in [1.807, 2.05) is 24.3 Å². The fraction of sp³-hybridized carbons (Fsp3) is 0.429. The number of hydrogen-bond acceptors (Lipinski definition) is 3. The first kappa shape index (κ1) is 13.4. The van der Waals surface area contributed by atoms with E-state index in [0.29, 0.717) is 5.02 Å². The van der Waals surface area contributed by atoms with Crippen molar-refractivity contribution in [3.63, 3.8) is 0 Å². The Balaban J connectivity index is 1.93. The zero-order valence-corrected chi connectivity index (χ0v) is 11.9. The molecule has 3 unspecified atom stereocenters. The molecule has 1 aromatic carbocycles. The largest absolute Gasteiger partial charge is 0.325 e. The maximum Gasteiger partial charge on any atom is 0.325 e. The number of fused-ring (bicyclic) bond motifs is 1. The Morgan fingerprint density at radius 2 is 1.95 bits per heavy atom. The van der Waals surface area contributed by atoms with Gasteiger partial charge in [0.1, 0.15) is 0 Å². The van der Waals surface area contributed by atoms with Gasteiger partial charge < -0.3 is 4.90 Å². The Morgan fingerprint density at radius 1 is 1.25 bits per heavy atom. The molecule has 0 saturated carbocycles. The zero-order valence-electron chi connectivity index (χ0n) is 11.1. The van der Waals surface area contributed by atoms with E-state index in [2.05, 4.69) is 10.6 Å². The van der Waals surface area contributed by atoms with Crippen LogP contribution >= 0.6 is 11.6 Å². The second-order valence-electron chi connectivity index (χ2n) is 5.28. The fourth-order valence-corrected chi connectivity index (χ4v) is 3.23. The number of piperidine rings is 1. The van der Waals surface area contributed by atoms with Crippen LogP contribution in [0, 0.1) is 5.92 Å². The third kappa shape index (κ3) is 2.17. The summed E-state index contributed by atoms with van der Waals surface area (Å²) < 4.78 is 0. The summed E-state index contributed by atoms with van der Waals surface area (Å²) in [7, 11) is 1.71. The number of nitrogens with one attached hydrogen (secondary N) is 2. The van der Waals surface area contributed by atoms with Crippen LogP contribution in [-0.4, -0.2) is 36.6 Å². The highest BCUT2D eigenvalue weighted by molar-refractivity contribution is 6.30. The van der Waals surface area contributed by atoms with Crippen LogP contribution in [-0.2, 0) is 4.79 Å². The minimum atomic E-state index is -0.347. The summed E-state index contributed by atoms with van der Waals surface area (Å²) in [6.07, 6.45) is 0.615. The number of hydrogen-bond donors (Lipinski definition) is 2. The lowest BCUT2D eigenvalue weighted by Crippen LogP contribution is -2.66. The Labute approximate surface area is 122 Å². The first-order valence-electron chi connectivity index (χ1n) is 6.64. The van der Waals surface area contributed by atoms with E-state index in [9.17, 15) is 9.59 Å². The number of halogens is 1. The van der Waals surface area contributed by atoms with Gasteiger partial charge in [0, 0.05) is 18.0 Å². The number of rotatable bonds is 1. The molecular formula is C14H16ClN3O2. The molecule has 3 atom stereocenters. The highest BCUT2D eigenvalue weighted by atomic mass is 35.5. The van der Waals surface area contributed by atoms with E-state index in [4.69, 9.17) is 11.6 Å². The number of carbonyl (C=O) groups is 2. The number of benzene rings is 1. The van der Waals surface area contributed by atoms with Crippen molar-refractivity contribution >= 4 is 23.5 Å². The van der Waals surface area contributed by atoms with Gasteiger partial charge in [0.25, 0.3) is 0 Å². The number of imide groups is 1. The van der Waals surface area contributed by atoms with E-state index in [0.717, 1.165) is 18.5 Å². The minimum absolute atomic E-state index is 0.0917. The van der Waals surface area contributed by atoms with E-state index >= 15 is 0 Å². The number of carbonyl (C=O) groups excluding carboxylic acids is 2. The molecule has 0 bridgehead atoms. The van der Waals surface area contributed by atoms with Crippen molar-refractivity contribution in [2.45, 2.75) is 18.5 Å². The number of urea groups is 1. The first-order valence-corrected chi connectivity index (χ1v) is 7.02. The van der Waals surface area contributed by atoms with Gasteiger partial charge in [-0.1, -0.05) is 23.7 Å². The van der Waals surface area contributed by atoms with Gasteiger partial charge in [-0.05, 0) is 30.7 Å². The Bertz CT molecular complexity index is 546. The van der Waals surface area contributed by atoms with Crippen molar-refractivity contribution in [3.8, 4) is 0 Å². The molecule has 0 aromatic heterocycles. The van der Waals surface area contributed by atoms with Gasteiger partial charge in [-0.2, -0.15) is 0 Å². The van der Waals surface area contributed by atoms with Gasteiger partial charge in [-0.25, -0.2) is 4.79 Å². The lowest BCUT2D eigenvalue weighted by Gasteiger charge is -2.45. The molecule has 5 nitrogen and oxygen atoms in total. The maximum absolute atomic E-state index is 12.2. The lowest BCUT2D eigenvalue weighted by molar-refractivity contribution is -0.130. The second kappa shape index (κ2) is 5.07. The van der Waals surface area contributed by atoms with Crippen molar-refractivity contribution in [1.82, 2.24) is 15.5 Å². The van der Waals surface area contributed by atoms with Crippen LogP contribution < -0.4 is 10.6 Å². The molecule has 2 N–H and O–H groups in total. The fourth-order valence-electron chi connectivity index (χ4n) is 3.10. The predicted molar refractivity (Wildman–Crippen MR) is 75.4 cm³/mol. The summed E-state index contributed by atoms with van der Waals surface area (Å²) in [6, 6.07) is 7.24. The van der Waals surface area contributed by atoms with Crippen molar-refractivity contribution in [3.05, 3.63) is 34.9 Å². The van der Waals surface area contributed by atoms with Gasteiger partial charge >= 0.3 is 6.03 Å². The quantitative estimate of drug-likeness (QED) is 0.826. The normalized spacial score (nSPS) is 29.9. The zero-order chi connectivity index (χ0) is 14.3. The molecule has 2 aliphatic heterocycles. The van der Waals surface area contributed by atoms with E-state index in [-0.39, 0.29) is 29.9 Å². The number of nitrogens with zero attached hydrogens (tertiary/aromatic N) is 1. The van der Waals surface area contributed by atoms with Crippen molar-refractivity contribution in [2.75, 3.05) is 13.6 Å². The molecule has 2 heterocycles. The Morgan fingerprint density at radius 3 is 2.65 bits per heavy atom. The molecule has 0 radical (unpaired) electrons. The van der Waals surface area contributed by atoms with Gasteiger partial charge in [-0.3, -0.25) is 15.4 Å². The van der Waals surface area contributed by atoms with Crippen LogP contribution in [0.25, 0.3) is 0 Å².